The van der Waals surface area contributed by atoms with Gasteiger partial charge in [-0.3, -0.25) is 19.2 Å². The summed E-state index contributed by atoms with van der Waals surface area (Å²) in [4.78, 5) is 50.5. The Morgan fingerprint density at radius 1 is 1.08 bits per heavy atom. The van der Waals surface area contributed by atoms with Crippen LogP contribution in [0, 0.1) is 17.8 Å². The zero-order chi connectivity index (χ0) is 19.5. The smallest absolute Gasteiger partial charge is 0.192 e. The van der Waals surface area contributed by atoms with Crippen molar-refractivity contribution >= 4 is 23.1 Å². The van der Waals surface area contributed by atoms with Gasteiger partial charge in [0, 0.05) is 12.3 Å². The number of carbonyl (C=O) groups excluding carboxylic acids is 4. The zero-order valence-corrected chi connectivity index (χ0v) is 15.9. The number of allylic oxidation sites excluding steroid dienone is 4. The first kappa shape index (κ1) is 21.2. The van der Waals surface area contributed by atoms with Crippen molar-refractivity contribution in [2.75, 3.05) is 0 Å². The minimum absolute atomic E-state index is 0.0614. The highest BCUT2D eigenvalue weighted by Gasteiger charge is 2.64. The molecule has 3 atom stereocenters. The maximum atomic E-state index is 12.8. The van der Waals surface area contributed by atoms with Gasteiger partial charge in [-0.1, -0.05) is 37.1 Å². The van der Waals surface area contributed by atoms with E-state index in [1.54, 1.807) is 39.8 Å². The van der Waals surface area contributed by atoms with Crippen LogP contribution in [-0.2, 0) is 19.2 Å². The lowest BCUT2D eigenvalue weighted by atomic mass is 9.81. The van der Waals surface area contributed by atoms with E-state index in [0.29, 0.717) is 0 Å². The third kappa shape index (κ3) is 4.21. The lowest BCUT2D eigenvalue weighted by molar-refractivity contribution is -0.153. The van der Waals surface area contributed by atoms with Crippen LogP contribution in [0.4, 0.5) is 0 Å². The molecular weight excluding hydrogens is 320 g/mol. The highest BCUT2D eigenvalue weighted by molar-refractivity contribution is 6.33. The maximum absolute atomic E-state index is 12.8. The van der Waals surface area contributed by atoms with E-state index in [9.17, 15) is 24.3 Å². The van der Waals surface area contributed by atoms with E-state index >= 15 is 0 Å². The van der Waals surface area contributed by atoms with Gasteiger partial charge in [-0.05, 0) is 34.1 Å². The predicted octanol–water partition coefficient (Wildman–Crippen LogP) is 2.61. The van der Waals surface area contributed by atoms with E-state index in [1.807, 2.05) is 13.8 Å². The summed E-state index contributed by atoms with van der Waals surface area (Å²) in [7, 11) is 0. The van der Waals surface area contributed by atoms with Crippen molar-refractivity contribution in [3.8, 4) is 0 Å². The van der Waals surface area contributed by atoms with Crippen molar-refractivity contribution in [3.63, 3.8) is 0 Å². The second-order valence-corrected chi connectivity index (χ2v) is 7.50. The van der Waals surface area contributed by atoms with Crippen LogP contribution in [-0.4, -0.2) is 33.8 Å². The molecule has 0 saturated heterocycles. The van der Waals surface area contributed by atoms with Crippen molar-refractivity contribution in [1.82, 2.24) is 0 Å². The number of Topliss-reactive ketones (excluding diaryl/α,β-unsaturated/α-hetero) is 4. The lowest BCUT2D eigenvalue weighted by Gasteiger charge is -2.25. The average molecular weight is 348 g/mol. The Balaban J connectivity index is 3.37. The van der Waals surface area contributed by atoms with E-state index in [2.05, 4.69) is 0 Å². The lowest BCUT2D eigenvalue weighted by Crippen LogP contribution is -2.49. The predicted molar refractivity (Wildman–Crippen MR) is 94.9 cm³/mol. The summed E-state index contributed by atoms with van der Waals surface area (Å²) in [6, 6.07) is 0. The van der Waals surface area contributed by atoms with E-state index in [1.165, 1.54) is 0 Å². The second kappa shape index (κ2) is 8.00. The summed E-state index contributed by atoms with van der Waals surface area (Å²) >= 11 is 0. The maximum Gasteiger partial charge on any atom is 0.192 e. The fraction of sp³-hybridized carbons (Fsp3) is 0.600. The third-order valence-electron chi connectivity index (χ3n) is 4.51. The van der Waals surface area contributed by atoms with Crippen LogP contribution in [0.25, 0.3) is 0 Å². The summed E-state index contributed by atoms with van der Waals surface area (Å²) in [6.45, 7) is 10.4. The Morgan fingerprint density at radius 2 is 1.60 bits per heavy atom. The molecule has 5 nitrogen and oxygen atoms in total. The Labute approximate surface area is 149 Å². The first-order valence-corrected chi connectivity index (χ1v) is 8.58. The van der Waals surface area contributed by atoms with Crippen molar-refractivity contribution in [2.45, 2.75) is 60.0 Å². The van der Waals surface area contributed by atoms with Gasteiger partial charge in [-0.15, -0.1) is 0 Å². The van der Waals surface area contributed by atoms with Crippen LogP contribution in [0.15, 0.2) is 23.3 Å². The summed E-state index contributed by atoms with van der Waals surface area (Å²) in [5.41, 5.74) is -0.660. The van der Waals surface area contributed by atoms with Crippen LogP contribution < -0.4 is 0 Å². The van der Waals surface area contributed by atoms with Gasteiger partial charge in [-0.2, -0.15) is 0 Å². The first-order chi connectivity index (χ1) is 11.4. The molecule has 1 rings (SSSR count). The van der Waals surface area contributed by atoms with E-state index in [-0.39, 0.29) is 12.8 Å². The molecule has 0 bridgehead atoms. The van der Waals surface area contributed by atoms with Crippen LogP contribution in [0.2, 0.25) is 0 Å². The van der Waals surface area contributed by atoms with E-state index in [0.717, 1.165) is 11.1 Å². The SMILES string of the molecule is CC(C)=CCC(=O)[C@]1(O)C(=O)C(C(=O)C(C)C)C(=O)[C@@H]1CC=C(C)C. The molecule has 1 N–H and O–H groups in total. The van der Waals surface area contributed by atoms with Crippen molar-refractivity contribution in [1.29, 1.82) is 0 Å². The molecule has 0 aliphatic heterocycles. The molecule has 0 amide bonds. The summed E-state index contributed by atoms with van der Waals surface area (Å²) in [5, 5.41) is 11.0. The molecule has 0 radical (unpaired) electrons. The van der Waals surface area contributed by atoms with Crippen LogP contribution in [0.5, 0.6) is 0 Å². The molecule has 1 saturated carbocycles. The molecule has 5 heteroatoms. The third-order valence-corrected chi connectivity index (χ3v) is 4.51. The van der Waals surface area contributed by atoms with Crippen LogP contribution in [0.1, 0.15) is 54.4 Å². The molecule has 25 heavy (non-hydrogen) atoms. The van der Waals surface area contributed by atoms with Gasteiger partial charge in [0.15, 0.2) is 28.7 Å². The fourth-order valence-electron chi connectivity index (χ4n) is 2.96. The van der Waals surface area contributed by atoms with E-state index < -0.39 is 46.5 Å². The highest BCUT2D eigenvalue weighted by Crippen LogP contribution is 2.39. The minimum Gasteiger partial charge on any atom is -0.374 e. The Bertz CT molecular complexity index is 645. The van der Waals surface area contributed by atoms with Gasteiger partial charge >= 0.3 is 0 Å². The molecule has 0 spiro atoms. The molecule has 1 aliphatic carbocycles. The normalized spacial score (nSPS) is 25.9. The van der Waals surface area contributed by atoms with Crippen molar-refractivity contribution < 1.29 is 24.3 Å². The number of carbonyl (C=O) groups is 4. The van der Waals surface area contributed by atoms with Crippen molar-refractivity contribution in [2.24, 2.45) is 17.8 Å². The van der Waals surface area contributed by atoms with Crippen LogP contribution >= 0.6 is 0 Å². The number of hydrogen-bond acceptors (Lipinski definition) is 5. The van der Waals surface area contributed by atoms with Gasteiger partial charge in [0.25, 0.3) is 0 Å². The van der Waals surface area contributed by atoms with Gasteiger partial charge in [0.1, 0.15) is 5.92 Å². The quantitative estimate of drug-likeness (QED) is 0.564. The van der Waals surface area contributed by atoms with E-state index in [4.69, 9.17) is 0 Å². The molecule has 0 heterocycles. The van der Waals surface area contributed by atoms with Gasteiger partial charge in [-0.25, -0.2) is 0 Å². The molecule has 1 aliphatic rings. The average Bonchev–Trinajstić information content (AvgIpc) is 2.69. The van der Waals surface area contributed by atoms with Gasteiger partial charge in [0.2, 0.25) is 0 Å². The van der Waals surface area contributed by atoms with Gasteiger partial charge in [0.05, 0.1) is 5.92 Å². The topological polar surface area (TPSA) is 88.5 Å². The molecular formula is C20H28O5. The number of aliphatic hydroxyl groups is 1. The fourth-order valence-corrected chi connectivity index (χ4v) is 2.96. The number of ketones is 4. The minimum atomic E-state index is -2.43. The van der Waals surface area contributed by atoms with Crippen molar-refractivity contribution in [3.05, 3.63) is 23.3 Å². The molecule has 0 aromatic heterocycles. The Hall–Kier alpha value is -1.88. The Kier molecular flexibility index (Phi) is 6.77. The zero-order valence-electron chi connectivity index (χ0n) is 15.9. The first-order valence-electron chi connectivity index (χ1n) is 8.58. The van der Waals surface area contributed by atoms with Gasteiger partial charge < -0.3 is 5.11 Å². The number of hydrogen-bond donors (Lipinski definition) is 1. The second-order valence-electron chi connectivity index (χ2n) is 7.50. The molecule has 138 valence electrons. The number of rotatable bonds is 7. The largest absolute Gasteiger partial charge is 0.374 e. The molecule has 1 fully saturated rings. The molecule has 0 aromatic rings. The standard InChI is InChI=1S/C20H28O5/c1-11(2)7-9-14-18(23)16(17(22)13(5)6)19(24)20(14,25)15(21)10-8-12(3)4/h7-8,13-14,16,25H,9-10H2,1-6H3/t14-,16?,20-/m0/s1. The summed E-state index contributed by atoms with van der Waals surface area (Å²) in [5.74, 6) is -6.15. The Morgan fingerprint density at radius 3 is 2.04 bits per heavy atom. The summed E-state index contributed by atoms with van der Waals surface area (Å²) in [6.07, 6.45) is 3.22. The molecule has 1 unspecified atom stereocenters. The summed E-state index contributed by atoms with van der Waals surface area (Å²) < 4.78 is 0. The highest BCUT2D eigenvalue weighted by atomic mass is 16.3. The molecule has 0 aromatic carbocycles. The monoisotopic (exact) mass is 348 g/mol. The van der Waals surface area contributed by atoms with Crippen LogP contribution in [0.3, 0.4) is 0 Å².